The Kier molecular flexibility index (Phi) is 6.32. The maximum Gasteiger partial charge on any atom is 0.341 e. The zero-order valence-electron chi connectivity index (χ0n) is 15.3. The Morgan fingerprint density at radius 1 is 1.32 bits per heavy atom. The first-order valence-electron chi connectivity index (χ1n) is 8.46. The first kappa shape index (κ1) is 19.9. The number of amides is 1. The summed E-state index contributed by atoms with van der Waals surface area (Å²) in [4.78, 5) is 29.9. The van der Waals surface area contributed by atoms with Crippen molar-refractivity contribution < 1.29 is 14.3 Å². The molecule has 10 heteroatoms. The van der Waals surface area contributed by atoms with E-state index in [9.17, 15) is 9.59 Å². The molecule has 0 aliphatic rings. The molecule has 28 heavy (non-hydrogen) atoms. The summed E-state index contributed by atoms with van der Waals surface area (Å²) in [7, 11) is 0. The van der Waals surface area contributed by atoms with E-state index in [1.807, 2.05) is 37.3 Å². The lowest BCUT2D eigenvalue weighted by Gasteiger charge is -2.09. The number of nitrogens with one attached hydrogen (secondary N) is 2. The fourth-order valence-corrected chi connectivity index (χ4v) is 4.28. The minimum Gasteiger partial charge on any atom is -0.462 e. The Morgan fingerprint density at radius 3 is 2.71 bits per heavy atom. The van der Waals surface area contributed by atoms with E-state index in [2.05, 4.69) is 20.5 Å². The van der Waals surface area contributed by atoms with Crippen molar-refractivity contribution in [2.45, 2.75) is 19.0 Å². The number of esters is 1. The van der Waals surface area contributed by atoms with Crippen LogP contribution in [0.4, 0.5) is 10.9 Å². The molecular formula is C18H19N5O3S2. The van der Waals surface area contributed by atoms with E-state index in [0.29, 0.717) is 15.7 Å². The number of aromatic nitrogens is 3. The fraction of sp³-hybridized carbons (Fsp3) is 0.222. The van der Waals surface area contributed by atoms with E-state index in [4.69, 9.17) is 10.5 Å². The van der Waals surface area contributed by atoms with Gasteiger partial charge in [-0.05, 0) is 19.4 Å². The van der Waals surface area contributed by atoms with Gasteiger partial charge in [0.25, 0.3) is 0 Å². The highest BCUT2D eigenvalue weighted by molar-refractivity contribution is 7.99. The quantitative estimate of drug-likeness (QED) is 0.398. The van der Waals surface area contributed by atoms with Crippen LogP contribution in [0.2, 0.25) is 0 Å². The van der Waals surface area contributed by atoms with Crippen molar-refractivity contribution in [3.63, 3.8) is 0 Å². The van der Waals surface area contributed by atoms with Crippen LogP contribution in [0.15, 0.2) is 35.5 Å². The van der Waals surface area contributed by atoms with Gasteiger partial charge in [0.1, 0.15) is 10.6 Å². The standard InChI is InChI=1S/C18H19N5O3S2/c1-3-26-16(25)14-13(11-7-5-4-6-8-11)10(2)28-15(14)20-12(24)9-27-18-21-17(19)22-23-18/h4-8H,3,9H2,1-2H3,(H,20,24)(H3,19,21,22,23). The van der Waals surface area contributed by atoms with Crippen LogP contribution in [-0.2, 0) is 9.53 Å². The summed E-state index contributed by atoms with van der Waals surface area (Å²) in [6, 6.07) is 9.56. The van der Waals surface area contributed by atoms with Gasteiger partial charge in [-0.3, -0.25) is 4.79 Å². The van der Waals surface area contributed by atoms with Gasteiger partial charge in [-0.25, -0.2) is 9.89 Å². The number of hydrogen-bond acceptors (Lipinski definition) is 8. The SMILES string of the molecule is CCOC(=O)c1c(NC(=O)CSc2n[nH]c(N)n2)sc(C)c1-c1ccccc1. The monoisotopic (exact) mass is 417 g/mol. The van der Waals surface area contributed by atoms with Gasteiger partial charge in [0, 0.05) is 10.4 Å². The van der Waals surface area contributed by atoms with Crippen LogP contribution in [0.5, 0.6) is 0 Å². The Balaban J connectivity index is 1.85. The van der Waals surface area contributed by atoms with Gasteiger partial charge in [0.2, 0.25) is 17.0 Å². The normalized spacial score (nSPS) is 10.6. The minimum atomic E-state index is -0.463. The molecule has 0 unspecified atom stereocenters. The highest BCUT2D eigenvalue weighted by Gasteiger charge is 2.25. The zero-order chi connectivity index (χ0) is 20.1. The summed E-state index contributed by atoms with van der Waals surface area (Å²) < 4.78 is 5.23. The number of carbonyl (C=O) groups excluding carboxylic acids is 2. The molecule has 146 valence electrons. The molecule has 2 heterocycles. The molecule has 8 nitrogen and oxygen atoms in total. The van der Waals surface area contributed by atoms with Gasteiger partial charge < -0.3 is 15.8 Å². The second-order valence-electron chi connectivity index (χ2n) is 5.66. The maximum atomic E-state index is 12.6. The number of anilines is 2. The number of nitrogen functional groups attached to an aromatic ring is 1. The third-order valence-corrected chi connectivity index (χ3v) is 5.56. The summed E-state index contributed by atoms with van der Waals surface area (Å²) in [5.74, 6) is -0.471. The molecule has 0 fully saturated rings. The fourth-order valence-electron chi connectivity index (χ4n) is 2.60. The van der Waals surface area contributed by atoms with E-state index < -0.39 is 5.97 Å². The third-order valence-electron chi connectivity index (χ3n) is 3.69. The molecule has 0 aliphatic carbocycles. The second-order valence-corrected chi connectivity index (χ2v) is 7.83. The molecule has 2 aromatic heterocycles. The highest BCUT2D eigenvalue weighted by Crippen LogP contribution is 2.40. The number of thiophene rings is 1. The Labute approximate surface area is 169 Å². The number of nitrogens with zero attached hydrogens (tertiary/aromatic N) is 2. The van der Waals surface area contributed by atoms with Gasteiger partial charge in [0.05, 0.1) is 12.4 Å². The van der Waals surface area contributed by atoms with Crippen molar-refractivity contribution in [1.82, 2.24) is 15.2 Å². The molecule has 1 aromatic carbocycles. The molecule has 0 spiro atoms. The summed E-state index contributed by atoms with van der Waals surface area (Å²) in [5.41, 5.74) is 7.51. The van der Waals surface area contributed by atoms with E-state index in [1.165, 1.54) is 11.3 Å². The van der Waals surface area contributed by atoms with Gasteiger partial charge in [0.15, 0.2) is 0 Å². The number of H-pyrrole nitrogens is 1. The van der Waals surface area contributed by atoms with E-state index >= 15 is 0 Å². The summed E-state index contributed by atoms with van der Waals surface area (Å²) in [6.45, 7) is 3.91. The summed E-state index contributed by atoms with van der Waals surface area (Å²) >= 11 is 2.49. The van der Waals surface area contributed by atoms with Crippen molar-refractivity contribution in [2.75, 3.05) is 23.4 Å². The van der Waals surface area contributed by atoms with Crippen LogP contribution in [0.25, 0.3) is 11.1 Å². The molecule has 4 N–H and O–H groups in total. The Morgan fingerprint density at radius 2 is 2.07 bits per heavy atom. The molecule has 0 atom stereocenters. The zero-order valence-corrected chi connectivity index (χ0v) is 16.9. The van der Waals surface area contributed by atoms with Crippen LogP contribution in [0.3, 0.4) is 0 Å². The molecule has 0 saturated carbocycles. The molecule has 0 aliphatic heterocycles. The van der Waals surface area contributed by atoms with Gasteiger partial charge in [-0.1, -0.05) is 42.1 Å². The minimum absolute atomic E-state index is 0.0805. The molecule has 0 radical (unpaired) electrons. The molecular weight excluding hydrogens is 398 g/mol. The number of aryl methyl sites for hydroxylation is 1. The number of ether oxygens (including phenoxy) is 1. The summed E-state index contributed by atoms with van der Waals surface area (Å²) in [5, 5.41) is 10.1. The van der Waals surface area contributed by atoms with Crippen molar-refractivity contribution in [1.29, 1.82) is 0 Å². The molecule has 1 amide bonds. The van der Waals surface area contributed by atoms with Crippen molar-refractivity contribution in [3.8, 4) is 11.1 Å². The van der Waals surface area contributed by atoms with Gasteiger partial charge in [-0.15, -0.1) is 16.4 Å². The van der Waals surface area contributed by atoms with Crippen molar-refractivity contribution >= 4 is 45.9 Å². The number of nitrogens with two attached hydrogens (primary N) is 1. The topological polar surface area (TPSA) is 123 Å². The lowest BCUT2D eigenvalue weighted by molar-refractivity contribution is -0.113. The number of aromatic amines is 1. The number of rotatable bonds is 7. The lowest BCUT2D eigenvalue weighted by Crippen LogP contribution is -2.16. The predicted octanol–water partition coefficient (Wildman–Crippen LogP) is 3.33. The van der Waals surface area contributed by atoms with Crippen molar-refractivity contribution in [2.24, 2.45) is 0 Å². The van der Waals surface area contributed by atoms with Crippen LogP contribution in [0.1, 0.15) is 22.2 Å². The van der Waals surface area contributed by atoms with Gasteiger partial charge >= 0.3 is 5.97 Å². The van der Waals surface area contributed by atoms with Crippen LogP contribution < -0.4 is 11.1 Å². The van der Waals surface area contributed by atoms with E-state index in [-0.39, 0.29) is 24.2 Å². The van der Waals surface area contributed by atoms with Crippen LogP contribution in [0, 0.1) is 6.92 Å². The van der Waals surface area contributed by atoms with E-state index in [1.54, 1.807) is 6.92 Å². The van der Waals surface area contributed by atoms with Crippen LogP contribution >= 0.6 is 23.1 Å². The number of thioether (sulfide) groups is 1. The molecule has 3 aromatic rings. The Hall–Kier alpha value is -2.85. The molecule has 0 bridgehead atoms. The van der Waals surface area contributed by atoms with Crippen LogP contribution in [-0.4, -0.2) is 39.4 Å². The summed E-state index contributed by atoms with van der Waals surface area (Å²) in [6.07, 6.45) is 0. The maximum absolute atomic E-state index is 12.6. The Bertz CT molecular complexity index is 985. The smallest absolute Gasteiger partial charge is 0.341 e. The first-order valence-corrected chi connectivity index (χ1v) is 10.3. The third kappa shape index (κ3) is 4.52. The number of hydrogen-bond donors (Lipinski definition) is 3. The lowest BCUT2D eigenvalue weighted by atomic mass is 10.0. The van der Waals surface area contributed by atoms with Crippen molar-refractivity contribution in [3.05, 3.63) is 40.8 Å². The largest absolute Gasteiger partial charge is 0.462 e. The average molecular weight is 418 g/mol. The molecule has 0 saturated heterocycles. The average Bonchev–Trinajstić information content (AvgIpc) is 3.23. The first-order chi connectivity index (χ1) is 13.5. The number of benzene rings is 1. The highest BCUT2D eigenvalue weighted by atomic mass is 32.2. The second kappa shape index (κ2) is 8.89. The molecule has 3 rings (SSSR count). The predicted molar refractivity (Wildman–Crippen MR) is 111 cm³/mol. The van der Waals surface area contributed by atoms with Gasteiger partial charge in [-0.2, -0.15) is 4.98 Å². The van der Waals surface area contributed by atoms with E-state index in [0.717, 1.165) is 27.8 Å². The number of carbonyl (C=O) groups is 2.